The summed E-state index contributed by atoms with van der Waals surface area (Å²) in [5.74, 6) is 0.525. The van der Waals surface area contributed by atoms with Crippen LogP contribution in [-0.4, -0.2) is 4.86 Å². The molecule has 0 saturated heterocycles. The van der Waals surface area contributed by atoms with E-state index >= 15 is 0 Å². The summed E-state index contributed by atoms with van der Waals surface area (Å²) in [5, 5.41) is 0. The van der Waals surface area contributed by atoms with Crippen LogP contribution in [-0.2, 0) is 6.42 Å². The van der Waals surface area contributed by atoms with Gasteiger partial charge in [-0.15, -0.1) is 0 Å². The van der Waals surface area contributed by atoms with E-state index in [1.54, 1.807) is 0 Å². The van der Waals surface area contributed by atoms with Gasteiger partial charge < -0.3 is 0 Å². The zero-order valence-electron chi connectivity index (χ0n) is 10.8. The maximum absolute atomic E-state index is 5.69. The van der Waals surface area contributed by atoms with E-state index in [-0.39, 0.29) is 5.41 Å². The molecule has 0 bridgehead atoms. The number of hydrogen-bond acceptors (Lipinski definition) is 1. The summed E-state index contributed by atoms with van der Waals surface area (Å²) in [6.07, 6.45) is 1.13. The van der Waals surface area contributed by atoms with Crippen molar-refractivity contribution in [2.24, 2.45) is 11.3 Å². The van der Waals surface area contributed by atoms with E-state index in [0.29, 0.717) is 5.92 Å². The van der Waals surface area contributed by atoms with Gasteiger partial charge in [-0.2, -0.15) is 0 Å². The highest BCUT2D eigenvalue weighted by Gasteiger charge is 2.36. The van der Waals surface area contributed by atoms with Gasteiger partial charge in [0.1, 0.15) is 0 Å². The predicted octanol–water partition coefficient (Wildman–Crippen LogP) is 4.24. The highest BCUT2D eigenvalue weighted by Crippen LogP contribution is 2.41. The Bertz CT molecular complexity index is 449. The van der Waals surface area contributed by atoms with E-state index in [2.05, 4.69) is 46.8 Å². The molecule has 2 rings (SSSR count). The largest absolute Gasteiger partial charge is 0.0839 e. The van der Waals surface area contributed by atoms with E-state index in [4.69, 9.17) is 12.2 Å². The molecule has 1 heteroatoms. The van der Waals surface area contributed by atoms with Crippen molar-refractivity contribution in [1.29, 1.82) is 0 Å². The van der Waals surface area contributed by atoms with Gasteiger partial charge in [0.2, 0.25) is 0 Å². The van der Waals surface area contributed by atoms with E-state index in [9.17, 15) is 0 Å². The molecule has 1 aliphatic carbocycles. The van der Waals surface area contributed by atoms with Crippen LogP contribution < -0.4 is 0 Å². The van der Waals surface area contributed by atoms with Crippen LogP contribution in [0.4, 0.5) is 0 Å². The minimum atomic E-state index is 0.273. The standard InChI is InChI=1S/C15H20S/c1-9-6-7-10(2)13-11(9)8-12(14(13)16)15(3,4)5/h6-7,12H,8H2,1-5H3. The van der Waals surface area contributed by atoms with Crippen molar-refractivity contribution in [2.45, 2.75) is 41.0 Å². The first-order valence-electron chi connectivity index (χ1n) is 5.95. The average Bonchev–Trinajstić information content (AvgIpc) is 2.51. The van der Waals surface area contributed by atoms with Crippen LogP contribution in [0.2, 0.25) is 0 Å². The monoisotopic (exact) mass is 232 g/mol. The highest BCUT2D eigenvalue weighted by molar-refractivity contribution is 7.81. The Morgan fingerprint density at radius 1 is 1.12 bits per heavy atom. The van der Waals surface area contributed by atoms with Crippen molar-refractivity contribution in [3.05, 3.63) is 34.4 Å². The van der Waals surface area contributed by atoms with Crippen LogP contribution in [0.3, 0.4) is 0 Å². The number of rotatable bonds is 0. The molecule has 0 N–H and O–H groups in total. The highest BCUT2D eigenvalue weighted by atomic mass is 32.1. The molecule has 0 radical (unpaired) electrons. The molecule has 1 unspecified atom stereocenters. The van der Waals surface area contributed by atoms with E-state index < -0.39 is 0 Å². The Balaban J connectivity index is 2.54. The minimum Gasteiger partial charge on any atom is -0.0839 e. The molecule has 0 fully saturated rings. The van der Waals surface area contributed by atoms with Crippen LogP contribution in [0.25, 0.3) is 0 Å². The summed E-state index contributed by atoms with van der Waals surface area (Å²) in [5.41, 5.74) is 5.88. The molecule has 1 aromatic rings. The van der Waals surface area contributed by atoms with E-state index in [0.717, 1.165) is 6.42 Å². The zero-order chi connectivity index (χ0) is 12.1. The third kappa shape index (κ3) is 1.71. The first kappa shape index (κ1) is 11.8. The summed E-state index contributed by atoms with van der Waals surface area (Å²) < 4.78 is 0. The summed E-state index contributed by atoms with van der Waals surface area (Å²) >= 11 is 5.69. The molecule has 86 valence electrons. The molecule has 0 heterocycles. The normalized spacial score (nSPS) is 20.1. The number of fused-ring (bicyclic) bond motifs is 1. The van der Waals surface area contributed by atoms with E-state index in [1.807, 2.05) is 0 Å². The second kappa shape index (κ2) is 3.66. The molecule has 0 aliphatic heterocycles. The second-order valence-corrected chi connectivity index (χ2v) is 6.48. The van der Waals surface area contributed by atoms with Crippen LogP contribution in [0.1, 0.15) is 43.0 Å². The van der Waals surface area contributed by atoms with Gasteiger partial charge in [0.15, 0.2) is 0 Å². The van der Waals surface area contributed by atoms with Gasteiger partial charge in [0, 0.05) is 10.8 Å². The Kier molecular flexibility index (Phi) is 2.70. The fourth-order valence-electron chi connectivity index (χ4n) is 2.65. The van der Waals surface area contributed by atoms with Crippen LogP contribution in [0, 0.1) is 25.2 Å². The molecular formula is C15H20S. The predicted molar refractivity (Wildman–Crippen MR) is 74.3 cm³/mol. The first-order chi connectivity index (χ1) is 7.32. The van der Waals surface area contributed by atoms with Gasteiger partial charge in [-0.05, 0) is 47.9 Å². The van der Waals surface area contributed by atoms with Crippen molar-refractivity contribution in [3.63, 3.8) is 0 Å². The maximum Gasteiger partial charge on any atom is 0.0269 e. The summed E-state index contributed by atoms with van der Waals surface area (Å²) in [4.78, 5) is 1.18. The number of thiocarbonyl (C=S) groups is 1. The molecule has 1 atom stereocenters. The molecule has 0 nitrogen and oxygen atoms in total. The topological polar surface area (TPSA) is 0 Å². The maximum atomic E-state index is 5.69. The SMILES string of the molecule is Cc1ccc(C)c2c1CC(C(C)(C)C)C2=S. The fraction of sp³-hybridized carbons (Fsp3) is 0.533. The van der Waals surface area contributed by atoms with Gasteiger partial charge in [-0.3, -0.25) is 0 Å². The molecule has 0 aromatic heterocycles. The lowest BCUT2D eigenvalue weighted by molar-refractivity contribution is 0.320. The molecule has 0 saturated carbocycles. The Labute approximate surface area is 104 Å². The summed E-state index contributed by atoms with van der Waals surface area (Å²) in [6.45, 7) is 11.3. The zero-order valence-corrected chi connectivity index (χ0v) is 11.7. The van der Waals surface area contributed by atoms with Crippen molar-refractivity contribution < 1.29 is 0 Å². The Morgan fingerprint density at radius 2 is 1.69 bits per heavy atom. The van der Waals surface area contributed by atoms with Crippen molar-refractivity contribution in [2.75, 3.05) is 0 Å². The molecule has 1 aliphatic rings. The fourth-order valence-corrected chi connectivity index (χ4v) is 3.37. The van der Waals surface area contributed by atoms with Crippen LogP contribution in [0.5, 0.6) is 0 Å². The smallest absolute Gasteiger partial charge is 0.0269 e. The van der Waals surface area contributed by atoms with Crippen molar-refractivity contribution in [3.8, 4) is 0 Å². The molecule has 1 aromatic carbocycles. The van der Waals surface area contributed by atoms with Gasteiger partial charge in [0.05, 0.1) is 0 Å². The van der Waals surface area contributed by atoms with Gasteiger partial charge in [0.25, 0.3) is 0 Å². The van der Waals surface area contributed by atoms with Gasteiger partial charge in [-0.25, -0.2) is 0 Å². The van der Waals surface area contributed by atoms with Gasteiger partial charge >= 0.3 is 0 Å². The number of benzene rings is 1. The third-order valence-corrected chi connectivity index (χ3v) is 4.26. The molecule has 0 spiro atoms. The van der Waals surface area contributed by atoms with Crippen LogP contribution in [0.15, 0.2) is 12.1 Å². The Hall–Kier alpha value is -0.690. The average molecular weight is 232 g/mol. The number of aryl methyl sites for hydroxylation is 2. The van der Waals surface area contributed by atoms with E-state index in [1.165, 1.54) is 27.1 Å². The van der Waals surface area contributed by atoms with Crippen molar-refractivity contribution in [1.82, 2.24) is 0 Å². The third-order valence-electron chi connectivity index (χ3n) is 3.77. The second-order valence-electron chi connectivity index (χ2n) is 6.04. The summed E-state index contributed by atoms with van der Waals surface area (Å²) in [6, 6.07) is 4.42. The minimum absolute atomic E-state index is 0.273. The van der Waals surface area contributed by atoms with Gasteiger partial charge in [-0.1, -0.05) is 45.1 Å². The molecule has 0 amide bonds. The lowest BCUT2D eigenvalue weighted by Crippen LogP contribution is -2.25. The first-order valence-corrected chi connectivity index (χ1v) is 6.36. The Morgan fingerprint density at radius 3 is 2.19 bits per heavy atom. The number of hydrogen-bond donors (Lipinski definition) is 0. The lowest BCUT2D eigenvalue weighted by Gasteiger charge is -2.27. The molecule has 16 heavy (non-hydrogen) atoms. The van der Waals surface area contributed by atoms with Crippen LogP contribution >= 0.6 is 12.2 Å². The molecular weight excluding hydrogens is 212 g/mol. The quantitative estimate of drug-likeness (QED) is 0.603. The van der Waals surface area contributed by atoms with Crippen molar-refractivity contribution >= 4 is 17.1 Å². The summed E-state index contributed by atoms with van der Waals surface area (Å²) in [7, 11) is 0. The lowest BCUT2D eigenvalue weighted by atomic mass is 9.79.